The first kappa shape index (κ1) is 13.1. The molecular weight excluding hydrogens is 240 g/mol. The molecule has 0 radical (unpaired) electrons. The zero-order chi connectivity index (χ0) is 13.0. The molecule has 0 aromatic heterocycles. The Balaban J connectivity index is 3.01. The number of nitriles is 2. The van der Waals surface area contributed by atoms with E-state index in [1.807, 2.05) is 12.1 Å². The van der Waals surface area contributed by atoms with Crippen molar-refractivity contribution in [2.24, 2.45) is 17.6 Å². The van der Waals surface area contributed by atoms with Crippen LogP contribution in [0, 0.1) is 34.5 Å². The fraction of sp³-hybridized carbons (Fsp3) is 0.400. The second kappa shape index (κ2) is 5.37. The van der Waals surface area contributed by atoms with Crippen molar-refractivity contribution in [1.82, 2.24) is 5.32 Å². The molecule has 3 N–H and O–H groups in total. The van der Waals surface area contributed by atoms with Crippen LogP contribution in [0.2, 0.25) is 0 Å². The maximum absolute atomic E-state index is 11.5. The van der Waals surface area contributed by atoms with Crippen LogP contribution in [-0.4, -0.2) is 17.6 Å². The van der Waals surface area contributed by atoms with E-state index in [1.165, 1.54) is 0 Å². The van der Waals surface area contributed by atoms with E-state index in [0.29, 0.717) is 10.6 Å². The van der Waals surface area contributed by atoms with Crippen molar-refractivity contribution in [2.75, 3.05) is 5.75 Å². The summed E-state index contributed by atoms with van der Waals surface area (Å²) in [4.78, 5) is 22.2. The van der Waals surface area contributed by atoms with Gasteiger partial charge in [0, 0.05) is 5.92 Å². The Morgan fingerprint density at radius 2 is 2.24 bits per heavy atom. The van der Waals surface area contributed by atoms with Gasteiger partial charge in [0.15, 0.2) is 0 Å². The number of carbonyl (C=O) groups excluding carboxylic acids is 2. The largest absolute Gasteiger partial charge is 0.369 e. The van der Waals surface area contributed by atoms with Gasteiger partial charge in [-0.25, -0.2) is 0 Å². The van der Waals surface area contributed by atoms with E-state index >= 15 is 0 Å². The van der Waals surface area contributed by atoms with Gasteiger partial charge in [-0.2, -0.15) is 10.5 Å². The highest BCUT2D eigenvalue weighted by atomic mass is 32.2. The number of nitrogens with one attached hydrogen (secondary N) is 1. The van der Waals surface area contributed by atoms with Gasteiger partial charge in [-0.3, -0.25) is 9.59 Å². The molecule has 1 aliphatic rings. The van der Waals surface area contributed by atoms with Crippen molar-refractivity contribution < 1.29 is 9.59 Å². The molecule has 0 bridgehead atoms. The first-order chi connectivity index (χ1) is 8.01. The molecule has 2 amide bonds. The molecule has 1 rings (SSSR count). The molecule has 7 heteroatoms. The van der Waals surface area contributed by atoms with Crippen LogP contribution in [0.15, 0.2) is 10.6 Å². The van der Waals surface area contributed by atoms with Gasteiger partial charge in [0.05, 0.1) is 28.5 Å². The Morgan fingerprint density at radius 3 is 2.71 bits per heavy atom. The minimum atomic E-state index is -0.873. The molecule has 0 spiro atoms. The van der Waals surface area contributed by atoms with E-state index in [-0.39, 0.29) is 5.75 Å². The molecule has 0 aromatic rings. The van der Waals surface area contributed by atoms with E-state index in [4.69, 9.17) is 16.3 Å². The van der Waals surface area contributed by atoms with E-state index < -0.39 is 23.7 Å². The molecule has 0 saturated carbocycles. The van der Waals surface area contributed by atoms with Gasteiger partial charge in [-0.15, -0.1) is 0 Å². The lowest BCUT2D eigenvalue weighted by atomic mass is 9.86. The molecule has 1 aliphatic heterocycles. The first-order valence-electron chi connectivity index (χ1n) is 4.77. The monoisotopic (exact) mass is 250 g/mol. The number of amides is 2. The normalized spacial score (nSPS) is 23.6. The average molecular weight is 250 g/mol. The maximum Gasteiger partial charge on any atom is 0.242 e. The SMILES string of the molecule is C[C@@H]1C(C#N)=C(SCC(N)=O)NC(=O)[C@@H]1C#N. The van der Waals surface area contributed by atoms with Crippen molar-refractivity contribution >= 4 is 23.6 Å². The number of rotatable bonds is 3. The molecule has 17 heavy (non-hydrogen) atoms. The van der Waals surface area contributed by atoms with Gasteiger partial charge >= 0.3 is 0 Å². The number of hydrogen-bond acceptors (Lipinski definition) is 5. The highest BCUT2D eigenvalue weighted by molar-refractivity contribution is 8.03. The Hall–Kier alpha value is -1.99. The lowest BCUT2D eigenvalue weighted by Gasteiger charge is -2.25. The highest BCUT2D eigenvalue weighted by Crippen LogP contribution is 2.31. The van der Waals surface area contributed by atoms with Crippen LogP contribution in [0.3, 0.4) is 0 Å². The van der Waals surface area contributed by atoms with Crippen molar-refractivity contribution in [3.05, 3.63) is 10.6 Å². The average Bonchev–Trinajstić information content (AvgIpc) is 2.26. The fourth-order valence-electron chi connectivity index (χ4n) is 1.44. The Labute approximate surface area is 102 Å². The molecule has 0 fully saturated rings. The topological polar surface area (TPSA) is 120 Å². The minimum Gasteiger partial charge on any atom is -0.369 e. The minimum absolute atomic E-state index is 0.0231. The van der Waals surface area contributed by atoms with Crippen LogP contribution in [0.1, 0.15) is 6.92 Å². The van der Waals surface area contributed by atoms with Crippen molar-refractivity contribution in [3.63, 3.8) is 0 Å². The van der Waals surface area contributed by atoms with Crippen LogP contribution in [0.4, 0.5) is 0 Å². The number of primary amides is 1. The van der Waals surface area contributed by atoms with Crippen molar-refractivity contribution in [2.45, 2.75) is 6.92 Å². The van der Waals surface area contributed by atoms with E-state index in [2.05, 4.69) is 5.32 Å². The summed E-state index contributed by atoms with van der Waals surface area (Å²) < 4.78 is 0. The molecule has 0 aromatic carbocycles. The Bertz CT molecular complexity index is 472. The van der Waals surface area contributed by atoms with Crippen LogP contribution in [0.5, 0.6) is 0 Å². The van der Waals surface area contributed by atoms with Gasteiger partial charge in [0.2, 0.25) is 11.8 Å². The second-order valence-corrected chi connectivity index (χ2v) is 4.48. The van der Waals surface area contributed by atoms with Gasteiger partial charge < -0.3 is 11.1 Å². The lowest BCUT2D eigenvalue weighted by molar-refractivity contribution is -0.124. The predicted octanol–water partition coefficient (Wildman–Crippen LogP) is -0.154. The number of nitrogens with zero attached hydrogens (tertiary/aromatic N) is 2. The van der Waals surface area contributed by atoms with Gasteiger partial charge in [-0.05, 0) is 0 Å². The van der Waals surface area contributed by atoms with Gasteiger partial charge in [-0.1, -0.05) is 18.7 Å². The fourth-order valence-corrected chi connectivity index (χ4v) is 2.28. The summed E-state index contributed by atoms with van der Waals surface area (Å²) in [6, 6.07) is 3.81. The van der Waals surface area contributed by atoms with Crippen molar-refractivity contribution in [3.8, 4) is 12.1 Å². The van der Waals surface area contributed by atoms with E-state index in [0.717, 1.165) is 11.8 Å². The van der Waals surface area contributed by atoms with Crippen LogP contribution in [0.25, 0.3) is 0 Å². The zero-order valence-electron chi connectivity index (χ0n) is 9.06. The predicted molar refractivity (Wildman–Crippen MR) is 60.7 cm³/mol. The summed E-state index contributed by atoms with van der Waals surface area (Å²) in [7, 11) is 0. The smallest absolute Gasteiger partial charge is 0.242 e. The molecule has 2 atom stereocenters. The molecule has 88 valence electrons. The first-order valence-corrected chi connectivity index (χ1v) is 5.75. The summed E-state index contributed by atoms with van der Waals surface area (Å²) in [6.45, 7) is 1.63. The van der Waals surface area contributed by atoms with E-state index in [9.17, 15) is 9.59 Å². The number of thioether (sulfide) groups is 1. The quantitative estimate of drug-likeness (QED) is 0.721. The standard InChI is InChI=1S/C10H10N4O2S/c1-5-6(2-11)9(16)14-10(7(5)3-12)17-4-8(13)15/h5-6H,4H2,1H3,(H2,13,15)(H,14,16)/t5-,6+/m0/s1. The second-order valence-electron chi connectivity index (χ2n) is 3.49. The maximum atomic E-state index is 11.5. The summed E-state index contributed by atoms with van der Waals surface area (Å²) in [5.74, 6) is -2.36. The number of allylic oxidation sites excluding steroid dienone is 1. The lowest BCUT2D eigenvalue weighted by Crippen LogP contribution is -2.39. The van der Waals surface area contributed by atoms with Crippen molar-refractivity contribution in [1.29, 1.82) is 10.5 Å². The van der Waals surface area contributed by atoms with E-state index in [1.54, 1.807) is 6.92 Å². The summed E-state index contributed by atoms with van der Waals surface area (Å²) in [5, 5.41) is 20.6. The molecule has 6 nitrogen and oxygen atoms in total. The number of carbonyl (C=O) groups is 2. The molecular formula is C10H10N4O2S. The van der Waals surface area contributed by atoms with Gasteiger partial charge in [0.25, 0.3) is 0 Å². The third-order valence-electron chi connectivity index (χ3n) is 2.34. The third kappa shape index (κ3) is 2.77. The zero-order valence-corrected chi connectivity index (χ0v) is 9.87. The molecule has 0 unspecified atom stereocenters. The Morgan fingerprint density at radius 1 is 1.59 bits per heavy atom. The van der Waals surface area contributed by atoms with Gasteiger partial charge in [0.1, 0.15) is 5.92 Å². The number of hydrogen-bond donors (Lipinski definition) is 2. The van der Waals surface area contributed by atoms with Crippen LogP contribution >= 0.6 is 11.8 Å². The van der Waals surface area contributed by atoms with Crippen LogP contribution < -0.4 is 11.1 Å². The summed E-state index contributed by atoms with van der Waals surface area (Å²) in [5.41, 5.74) is 5.30. The molecule has 0 aliphatic carbocycles. The summed E-state index contributed by atoms with van der Waals surface area (Å²) >= 11 is 0.999. The Kier molecular flexibility index (Phi) is 4.13. The molecule has 1 heterocycles. The highest BCUT2D eigenvalue weighted by Gasteiger charge is 2.35. The third-order valence-corrected chi connectivity index (χ3v) is 3.38. The van der Waals surface area contributed by atoms with Crippen LogP contribution in [-0.2, 0) is 9.59 Å². The molecule has 0 saturated heterocycles. The number of nitrogens with two attached hydrogens (primary N) is 1. The summed E-state index contributed by atoms with van der Waals surface area (Å²) in [6.07, 6.45) is 0.